The van der Waals surface area contributed by atoms with Gasteiger partial charge in [-0.25, -0.2) is 0 Å². The maximum Gasteiger partial charge on any atom is 0.306 e. The SMILES string of the molecule is COC(=O)CC1CN(C(=O)CC(C)C)c2ccccc21. The van der Waals surface area contributed by atoms with E-state index in [-0.39, 0.29) is 17.8 Å². The molecule has 1 aliphatic rings. The van der Waals surface area contributed by atoms with E-state index in [0.717, 1.165) is 11.3 Å². The van der Waals surface area contributed by atoms with Gasteiger partial charge in [-0.2, -0.15) is 0 Å². The van der Waals surface area contributed by atoms with Crippen LogP contribution in [0.25, 0.3) is 0 Å². The predicted molar refractivity (Wildman–Crippen MR) is 77.6 cm³/mol. The van der Waals surface area contributed by atoms with E-state index in [1.807, 2.05) is 43.0 Å². The number of fused-ring (bicyclic) bond motifs is 1. The summed E-state index contributed by atoms with van der Waals surface area (Å²) in [5, 5.41) is 0. The standard InChI is InChI=1S/C16H21NO3/c1-11(2)8-15(18)17-10-12(9-16(19)20-3)13-6-4-5-7-14(13)17/h4-7,11-12H,8-10H2,1-3H3. The van der Waals surface area contributed by atoms with Crippen LogP contribution in [0.5, 0.6) is 0 Å². The van der Waals surface area contributed by atoms with E-state index in [0.29, 0.717) is 25.3 Å². The Kier molecular flexibility index (Phi) is 4.42. The lowest BCUT2D eigenvalue weighted by atomic mass is 9.98. The number of rotatable bonds is 4. The van der Waals surface area contributed by atoms with Gasteiger partial charge in [0.1, 0.15) is 0 Å². The molecular formula is C16H21NO3. The van der Waals surface area contributed by atoms with E-state index in [1.165, 1.54) is 7.11 Å². The minimum absolute atomic E-state index is 0.0368. The Balaban J connectivity index is 2.22. The Labute approximate surface area is 119 Å². The fourth-order valence-electron chi connectivity index (χ4n) is 2.65. The first-order valence-corrected chi connectivity index (χ1v) is 6.99. The molecule has 0 N–H and O–H groups in total. The van der Waals surface area contributed by atoms with Crippen LogP contribution in [0.15, 0.2) is 24.3 Å². The Morgan fingerprint density at radius 3 is 2.70 bits per heavy atom. The summed E-state index contributed by atoms with van der Waals surface area (Å²) in [4.78, 5) is 25.6. The molecule has 1 aliphatic heterocycles. The molecule has 1 aromatic rings. The van der Waals surface area contributed by atoms with Crippen LogP contribution in [0.3, 0.4) is 0 Å². The fraction of sp³-hybridized carbons (Fsp3) is 0.500. The molecule has 0 saturated heterocycles. The van der Waals surface area contributed by atoms with Crippen LogP contribution >= 0.6 is 0 Å². The molecule has 1 heterocycles. The zero-order valence-electron chi connectivity index (χ0n) is 12.3. The number of hydrogen-bond acceptors (Lipinski definition) is 3. The Bertz CT molecular complexity index is 510. The number of carbonyl (C=O) groups excluding carboxylic acids is 2. The lowest BCUT2D eigenvalue weighted by Crippen LogP contribution is -2.31. The van der Waals surface area contributed by atoms with Crippen molar-refractivity contribution in [2.75, 3.05) is 18.6 Å². The second-order valence-corrected chi connectivity index (χ2v) is 5.64. The molecule has 0 aliphatic carbocycles. The van der Waals surface area contributed by atoms with Crippen molar-refractivity contribution in [3.8, 4) is 0 Å². The average molecular weight is 275 g/mol. The van der Waals surface area contributed by atoms with Crippen LogP contribution in [-0.4, -0.2) is 25.5 Å². The highest BCUT2D eigenvalue weighted by atomic mass is 16.5. The number of hydrogen-bond donors (Lipinski definition) is 0. The maximum atomic E-state index is 12.3. The van der Waals surface area contributed by atoms with Crippen LogP contribution in [0.4, 0.5) is 5.69 Å². The lowest BCUT2D eigenvalue weighted by Gasteiger charge is -2.19. The Hall–Kier alpha value is -1.84. The van der Waals surface area contributed by atoms with Crippen molar-refractivity contribution in [3.05, 3.63) is 29.8 Å². The molecule has 0 fully saturated rings. The van der Waals surface area contributed by atoms with Gasteiger partial charge in [-0.1, -0.05) is 32.0 Å². The van der Waals surface area contributed by atoms with Gasteiger partial charge in [0.25, 0.3) is 0 Å². The summed E-state index contributed by atoms with van der Waals surface area (Å²) >= 11 is 0. The van der Waals surface area contributed by atoms with Crippen LogP contribution in [0.1, 0.15) is 38.2 Å². The summed E-state index contributed by atoms with van der Waals surface area (Å²) in [7, 11) is 1.39. The summed E-state index contributed by atoms with van der Waals surface area (Å²) in [5.41, 5.74) is 2.00. The molecule has 20 heavy (non-hydrogen) atoms. The normalized spacial score (nSPS) is 17.2. The van der Waals surface area contributed by atoms with E-state index >= 15 is 0 Å². The van der Waals surface area contributed by atoms with Gasteiger partial charge < -0.3 is 9.64 Å². The molecule has 0 spiro atoms. The molecule has 0 saturated carbocycles. The summed E-state index contributed by atoms with van der Waals surface area (Å²) in [6.45, 7) is 4.64. The minimum atomic E-state index is -0.233. The van der Waals surface area contributed by atoms with Crippen LogP contribution in [-0.2, 0) is 14.3 Å². The van der Waals surface area contributed by atoms with E-state index in [9.17, 15) is 9.59 Å². The molecule has 2 rings (SSSR count). The molecule has 4 nitrogen and oxygen atoms in total. The molecule has 1 atom stereocenters. The van der Waals surface area contributed by atoms with Gasteiger partial charge in [0.2, 0.25) is 5.91 Å². The molecule has 1 aromatic carbocycles. The highest BCUT2D eigenvalue weighted by Gasteiger charge is 2.33. The highest BCUT2D eigenvalue weighted by Crippen LogP contribution is 2.38. The molecule has 0 radical (unpaired) electrons. The van der Waals surface area contributed by atoms with Gasteiger partial charge in [0.15, 0.2) is 0 Å². The number of anilines is 1. The Morgan fingerprint density at radius 2 is 2.05 bits per heavy atom. The van der Waals surface area contributed by atoms with E-state index in [4.69, 9.17) is 4.74 Å². The molecule has 1 unspecified atom stereocenters. The van der Waals surface area contributed by atoms with Crippen molar-refractivity contribution in [3.63, 3.8) is 0 Å². The second-order valence-electron chi connectivity index (χ2n) is 5.64. The molecule has 0 aromatic heterocycles. The van der Waals surface area contributed by atoms with Crippen LogP contribution in [0, 0.1) is 5.92 Å². The molecule has 1 amide bonds. The number of benzene rings is 1. The quantitative estimate of drug-likeness (QED) is 0.794. The number of methoxy groups -OCH3 is 1. The van der Waals surface area contributed by atoms with E-state index in [2.05, 4.69) is 0 Å². The lowest BCUT2D eigenvalue weighted by molar-refractivity contribution is -0.141. The monoisotopic (exact) mass is 275 g/mol. The van der Waals surface area contributed by atoms with E-state index < -0.39 is 0 Å². The summed E-state index contributed by atoms with van der Waals surface area (Å²) in [6, 6.07) is 7.81. The van der Waals surface area contributed by atoms with Gasteiger partial charge in [-0.05, 0) is 17.5 Å². The zero-order chi connectivity index (χ0) is 14.7. The van der Waals surface area contributed by atoms with E-state index in [1.54, 1.807) is 0 Å². The first-order valence-electron chi connectivity index (χ1n) is 6.99. The molecule has 4 heteroatoms. The van der Waals surface area contributed by atoms with Crippen molar-refractivity contribution in [1.29, 1.82) is 0 Å². The van der Waals surface area contributed by atoms with Crippen LogP contribution < -0.4 is 4.90 Å². The van der Waals surface area contributed by atoms with Crippen molar-refractivity contribution in [2.45, 2.75) is 32.6 Å². The van der Waals surface area contributed by atoms with Crippen molar-refractivity contribution in [2.24, 2.45) is 5.92 Å². The molecule has 0 bridgehead atoms. The molecule has 108 valence electrons. The highest BCUT2D eigenvalue weighted by molar-refractivity contribution is 5.96. The van der Waals surface area contributed by atoms with Gasteiger partial charge in [0.05, 0.1) is 13.5 Å². The summed E-state index contributed by atoms with van der Waals surface area (Å²) < 4.78 is 4.75. The van der Waals surface area contributed by atoms with Gasteiger partial charge in [-0.15, -0.1) is 0 Å². The third-order valence-corrected chi connectivity index (χ3v) is 3.59. The Morgan fingerprint density at radius 1 is 1.35 bits per heavy atom. The smallest absolute Gasteiger partial charge is 0.306 e. The summed E-state index contributed by atoms with van der Waals surface area (Å²) in [6.07, 6.45) is 0.845. The fourth-order valence-corrected chi connectivity index (χ4v) is 2.65. The largest absolute Gasteiger partial charge is 0.469 e. The van der Waals surface area contributed by atoms with Crippen molar-refractivity contribution < 1.29 is 14.3 Å². The van der Waals surface area contributed by atoms with Crippen LogP contribution in [0.2, 0.25) is 0 Å². The predicted octanol–water partition coefficient (Wildman–Crippen LogP) is 2.73. The number of para-hydroxylation sites is 1. The van der Waals surface area contributed by atoms with Gasteiger partial charge in [-0.3, -0.25) is 9.59 Å². The topological polar surface area (TPSA) is 46.6 Å². The average Bonchev–Trinajstić information content (AvgIpc) is 2.77. The number of ether oxygens (including phenoxy) is 1. The number of esters is 1. The van der Waals surface area contributed by atoms with Crippen molar-refractivity contribution >= 4 is 17.6 Å². The van der Waals surface area contributed by atoms with Gasteiger partial charge in [0, 0.05) is 24.6 Å². The number of carbonyl (C=O) groups is 2. The minimum Gasteiger partial charge on any atom is -0.469 e. The first kappa shape index (κ1) is 14.6. The first-order chi connectivity index (χ1) is 9.52. The second kappa shape index (κ2) is 6.07. The van der Waals surface area contributed by atoms with Gasteiger partial charge >= 0.3 is 5.97 Å². The third-order valence-electron chi connectivity index (χ3n) is 3.59. The third kappa shape index (κ3) is 3.00. The maximum absolute atomic E-state index is 12.3. The van der Waals surface area contributed by atoms with Crippen molar-refractivity contribution in [1.82, 2.24) is 0 Å². The summed E-state index contributed by atoms with van der Waals surface area (Å²) in [5.74, 6) is 0.256. The number of nitrogens with zero attached hydrogens (tertiary/aromatic N) is 1. The number of amides is 1. The zero-order valence-corrected chi connectivity index (χ0v) is 12.3. The molecular weight excluding hydrogens is 254 g/mol.